The van der Waals surface area contributed by atoms with Gasteiger partial charge < -0.3 is 5.32 Å². The summed E-state index contributed by atoms with van der Waals surface area (Å²) < 4.78 is 0. The third kappa shape index (κ3) is 4.53. The Bertz CT molecular complexity index is 1040. The van der Waals surface area contributed by atoms with E-state index in [-0.39, 0.29) is 49.0 Å². The maximum atomic E-state index is 12.5. The third-order valence-corrected chi connectivity index (χ3v) is 6.32. The van der Waals surface area contributed by atoms with Crippen molar-refractivity contribution >= 4 is 104 Å². The van der Waals surface area contributed by atoms with Gasteiger partial charge in [0.05, 0.1) is 42.2 Å². The summed E-state index contributed by atoms with van der Waals surface area (Å²) in [5, 5.41) is 3.86. The van der Waals surface area contributed by atoms with Crippen molar-refractivity contribution in [1.82, 2.24) is 5.43 Å². The van der Waals surface area contributed by atoms with Crippen molar-refractivity contribution in [1.29, 1.82) is 0 Å². The minimum Gasteiger partial charge on any atom is -0.326 e. The molecule has 1 heterocycles. The number of carbonyl (C=O) groups is 2. The standard InChI is InChI=1S/C17H10Cl6N4O2/c1-6(28)24-7-2-3-8(18)9(4-7)25-10-5-11(29)27(26-10)17-15(22)13(20)12(19)14(21)16(17)23/h2-4H,5H2,1H3,(H,24,28)(H,25,26). The van der Waals surface area contributed by atoms with E-state index in [1.54, 1.807) is 18.2 Å². The van der Waals surface area contributed by atoms with Crippen molar-refractivity contribution in [2.75, 3.05) is 10.3 Å². The van der Waals surface area contributed by atoms with Crippen LogP contribution in [0.15, 0.2) is 23.2 Å². The quantitative estimate of drug-likeness (QED) is 0.361. The summed E-state index contributed by atoms with van der Waals surface area (Å²) in [6.07, 6.45) is -0.0920. The van der Waals surface area contributed by atoms with Crippen LogP contribution in [0.4, 0.5) is 17.1 Å². The molecule has 0 aromatic heterocycles. The number of amidine groups is 1. The molecule has 0 radical (unpaired) electrons. The summed E-state index contributed by atoms with van der Waals surface area (Å²) in [4.78, 5) is 28.1. The number of benzene rings is 2. The second kappa shape index (κ2) is 8.76. The number of nitrogens with zero attached hydrogens (tertiary/aromatic N) is 2. The Labute approximate surface area is 195 Å². The van der Waals surface area contributed by atoms with Gasteiger partial charge in [-0.15, -0.1) is 0 Å². The monoisotopic (exact) mass is 512 g/mol. The summed E-state index contributed by atoms with van der Waals surface area (Å²) in [5.41, 5.74) is 3.71. The zero-order valence-corrected chi connectivity index (χ0v) is 19.0. The number of hydrogen-bond acceptors (Lipinski definition) is 3. The van der Waals surface area contributed by atoms with Gasteiger partial charge in [-0.1, -0.05) is 69.6 Å². The maximum Gasteiger partial charge on any atom is 0.253 e. The second-order valence-corrected chi connectivity index (χ2v) is 8.14. The Morgan fingerprint density at radius 1 is 1.03 bits per heavy atom. The number of hydrazine groups is 1. The smallest absolute Gasteiger partial charge is 0.253 e. The molecule has 1 aliphatic heterocycles. The summed E-state index contributed by atoms with van der Waals surface area (Å²) in [6, 6.07) is 4.78. The molecule has 1 aliphatic rings. The third-order valence-electron chi connectivity index (χ3n) is 3.74. The molecule has 6 nitrogen and oxygen atoms in total. The van der Waals surface area contributed by atoms with Gasteiger partial charge in [-0.05, 0) is 18.2 Å². The van der Waals surface area contributed by atoms with Crippen molar-refractivity contribution in [2.45, 2.75) is 13.3 Å². The molecule has 0 unspecified atom stereocenters. The molecule has 2 N–H and O–H groups in total. The number of amides is 2. The molecule has 0 aliphatic carbocycles. The van der Waals surface area contributed by atoms with Crippen LogP contribution in [0.5, 0.6) is 0 Å². The van der Waals surface area contributed by atoms with E-state index in [2.05, 4.69) is 15.7 Å². The van der Waals surface area contributed by atoms with Crippen LogP contribution in [0.3, 0.4) is 0 Å². The number of aliphatic imine (C=N–C) groups is 1. The topological polar surface area (TPSA) is 73.8 Å². The second-order valence-electron chi connectivity index (χ2n) is 5.84. The average molecular weight is 515 g/mol. The molecule has 2 aromatic rings. The fraction of sp³-hybridized carbons (Fsp3) is 0.118. The van der Waals surface area contributed by atoms with Crippen LogP contribution < -0.4 is 15.8 Å². The lowest BCUT2D eigenvalue weighted by Gasteiger charge is -2.21. The number of anilines is 2. The first-order valence-corrected chi connectivity index (χ1v) is 10.1. The Kier molecular flexibility index (Phi) is 6.73. The Morgan fingerprint density at radius 2 is 1.62 bits per heavy atom. The molecule has 152 valence electrons. The van der Waals surface area contributed by atoms with Crippen molar-refractivity contribution in [3.8, 4) is 0 Å². The van der Waals surface area contributed by atoms with Crippen LogP contribution in [-0.4, -0.2) is 17.6 Å². The largest absolute Gasteiger partial charge is 0.326 e. The van der Waals surface area contributed by atoms with Gasteiger partial charge in [0.1, 0.15) is 11.5 Å². The number of rotatable bonds is 3. The summed E-state index contributed by atoms with van der Waals surface area (Å²) >= 11 is 36.8. The van der Waals surface area contributed by atoms with E-state index in [0.717, 1.165) is 5.01 Å². The lowest BCUT2D eigenvalue weighted by molar-refractivity contribution is -0.117. The number of hydrogen-bond donors (Lipinski definition) is 2. The molecule has 12 heteroatoms. The first-order chi connectivity index (χ1) is 13.6. The van der Waals surface area contributed by atoms with Gasteiger partial charge in [-0.2, -0.15) is 0 Å². The van der Waals surface area contributed by atoms with Crippen LogP contribution in [0.2, 0.25) is 30.1 Å². The van der Waals surface area contributed by atoms with Crippen molar-refractivity contribution in [2.24, 2.45) is 4.99 Å². The molecule has 29 heavy (non-hydrogen) atoms. The average Bonchev–Trinajstić information content (AvgIpc) is 3.01. The molecule has 0 saturated carbocycles. The Morgan fingerprint density at radius 3 is 2.21 bits per heavy atom. The maximum absolute atomic E-state index is 12.5. The van der Waals surface area contributed by atoms with E-state index in [1.165, 1.54) is 6.92 Å². The molecular formula is C17H10Cl6N4O2. The molecule has 1 saturated heterocycles. The summed E-state index contributed by atoms with van der Waals surface area (Å²) in [6.45, 7) is 1.38. The van der Waals surface area contributed by atoms with Crippen LogP contribution >= 0.6 is 69.6 Å². The van der Waals surface area contributed by atoms with Gasteiger partial charge in [0.2, 0.25) is 5.91 Å². The summed E-state index contributed by atoms with van der Waals surface area (Å²) in [7, 11) is 0. The van der Waals surface area contributed by atoms with Gasteiger partial charge in [0, 0.05) is 12.6 Å². The van der Waals surface area contributed by atoms with Gasteiger partial charge in [0.25, 0.3) is 5.91 Å². The molecule has 0 spiro atoms. The van der Waals surface area contributed by atoms with Crippen molar-refractivity contribution < 1.29 is 9.59 Å². The predicted octanol–water partition coefficient (Wildman–Crippen LogP) is 6.54. The minimum absolute atomic E-state index is 0.0193. The minimum atomic E-state index is -0.406. The van der Waals surface area contributed by atoms with Gasteiger partial charge in [0.15, 0.2) is 0 Å². The van der Waals surface area contributed by atoms with Crippen LogP contribution in [0.25, 0.3) is 0 Å². The van der Waals surface area contributed by atoms with E-state index < -0.39 is 5.91 Å². The van der Waals surface area contributed by atoms with E-state index in [4.69, 9.17) is 69.6 Å². The van der Waals surface area contributed by atoms with Crippen LogP contribution in [0.1, 0.15) is 13.3 Å². The van der Waals surface area contributed by atoms with Gasteiger partial charge >= 0.3 is 0 Å². The fourth-order valence-corrected chi connectivity index (χ4v) is 3.97. The van der Waals surface area contributed by atoms with E-state index in [9.17, 15) is 9.59 Å². The number of nitrogens with one attached hydrogen (secondary N) is 2. The molecular weight excluding hydrogens is 505 g/mol. The van der Waals surface area contributed by atoms with Crippen LogP contribution in [-0.2, 0) is 9.59 Å². The van der Waals surface area contributed by atoms with Crippen LogP contribution in [0, 0.1) is 0 Å². The molecule has 1 fully saturated rings. The van der Waals surface area contributed by atoms with Gasteiger partial charge in [-0.3, -0.25) is 15.0 Å². The molecule has 0 atom stereocenters. The Hall–Kier alpha value is -1.41. The number of carbonyl (C=O) groups excluding carboxylic acids is 2. The Balaban J connectivity index is 1.97. The first-order valence-electron chi connectivity index (χ1n) is 7.86. The molecule has 2 amide bonds. The van der Waals surface area contributed by atoms with Crippen molar-refractivity contribution in [3.63, 3.8) is 0 Å². The first kappa shape index (κ1) is 22.3. The van der Waals surface area contributed by atoms with E-state index in [1.807, 2.05) is 0 Å². The molecule has 0 bridgehead atoms. The zero-order chi connectivity index (χ0) is 21.5. The molecule has 2 aromatic carbocycles. The fourth-order valence-electron chi connectivity index (χ4n) is 2.51. The lowest BCUT2D eigenvalue weighted by atomic mass is 10.2. The highest BCUT2D eigenvalue weighted by atomic mass is 35.5. The highest BCUT2D eigenvalue weighted by molar-refractivity contribution is 6.57. The SMILES string of the molecule is CC(=O)Nc1ccc(Cl)c(N=C2CC(=O)N(c3c(Cl)c(Cl)c(Cl)c(Cl)c3Cl)N2)c1. The number of halogens is 6. The highest BCUT2D eigenvalue weighted by Gasteiger charge is 2.33. The summed E-state index contributed by atoms with van der Waals surface area (Å²) in [5.74, 6) is -0.380. The van der Waals surface area contributed by atoms with Crippen molar-refractivity contribution in [3.05, 3.63) is 48.3 Å². The normalized spacial score (nSPS) is 15.1. The van der Waals surface area contributed by atoms with E-state index >= 15 is 0 Å². The lowest BCUT2D eigenvalue weighted by Crippen LogP contribution is -2.36. The molecule has 3 rings (SSSR count). The van der Waals surface area contributed by atoms with Gasteiger partial charge in [-0.25, -0.2) is 10.0 Å². The highest BCUT2D eigenvalue weighted by Crippen LogP contribution is 2.48. The van der Waals surface area contributed by atoms with E-state index in [0.29, 0.717) is 16.4 Å². The zero-order valence-electron chi connectivity index (χ0n) is 14.4. The predicted molar refractivity (Wildman–Crippen MR) is 120 cm³/mol.